The molecule has 0 aliphatic carbocycles. The number of hydrogen-bond acceptors (Lipinski definition) is 12. The van der Waals surface area contributed by atoms with Crippen molar-refractivity contribution in [3.63, 3.8) is 0 Å². The van der Waals surface area contributed by atoms with Crippen LogP contribution in [0.15, 0.2) is 0 Å². The lowest BCUT2D eigenvalue weighted by Crippen LogP contribution is -2.64. The summed E-state index contributed by atoms with van der Waals surface area (Å²) in [5.41, 5.74) is 0. The minimum Gasteiger partial charge on any atom is -0.438 e. The van der Waals surface area contributed by atoms with Crippen molar-refractivity contribution in [1.82, 2.24) is 5.32 Å². The van der Waals surface area contributed by atoms with Gasteiger partial charge in [0.05, 0.1) is 13.2 Å². The molecular formula is C20H37NO12. The molecule has 33 heavy (non-hydrogen) atoms. The van der Waals surface area contributed by atoms with E-state index in [2.05, 4.69) is 12.2 Å². The van der Waals surface area contributed by atoms with Gasteiger partial charge in [-0.05, 0) is 6.42 Å². The first kappa shape index (κ1) is 28.1. The van der Waals surface area contributed by atoms with Crippen LogP contribution < -0.4 is 5.32 Å². The van der Waals surface area contributed by atoms with Crippen LogP contribution in [0.3, 0.4) is 0 Å². The molecule has 2 saturated heterocycles. The third kappa shape index (κ3) is 6.72. The molecule has 2 fully saturated rings. The van der Waals surface area contributed by atoms with Crippen molar-refractivity contribution in [3.8, 4) is 0 Å². The van der Waals surface area contributed by atoms with Crippen LogP contribution in [-0.4, -0.2) is 123 Å². The number of ether oxygens (including phenoxy) is 4. The lowest BCUT2D eigenvalue weighted by atomic mass is 9.98. The van der Waals surface area contributed by atoms with Crippen LogP contribution in [-0.2, 0) is 18.9 Å². The number of carbonyl (C=O) groups excluding carboxylic acids is 1. The fraction of sp³-hybridized carbons (Fsp3) is 0.950. The monoisotopic (exact) mass is 483 g/mol. The Morgan fingerprint density at radius 3 is 2.18 bits per heavy atom. The molecular weight excluding hydrogens is 446 g/mol. The zero-order valence-electron chi connectivity index (χ0n) is 18.7. The molecule has 0 bridgehead atoms. The van der Waals surface area contributed by atoms with E-state index in [4.69, 9.17) is 18.9 Å². The van der Waals surface area contributed by atoms with Crippen molar-refractivity contribution in [3.05, 3.63) is 0 Å². The predicted molar refractivity (Wildman–Crippen MR) is 110 cm³/mol. The molecule has 2 aliphatic heterocycles. The lowest BCUT2D eigenvalue weighted by molar-refractivity contribution is -0.382. The number of carbonyl (C=O) groups is 1. The van der Waals surface area contributed by atoms with Gasteiger partial charge < -0.3 is 60.0 Å². The average Bonchev–Trinajstić information content (AvgIpc) is 3.05. The maximum absolute atomic E-state index is 12.3. The molecule has 9 atom stereocenters. The minimum absolute atomic E-state index is 0.312. The van der Waals surface area contributed by atoms with Gasteiger partial charge in [0.2, 0.25) is 12.1 Å². The van der Waals surface area contributed by atoms with Crippen molar-refractivity contribution >= 4 is 6.09 Å². The summed E-state index contributed by atoms with van der Waals surface area (Å²) in [4.78, 5) is 12.3. The molecule has 0 unspecified atom stereocenters. The van der Waals surface area contributed by atoms with E-state index < -0.39 is 80.7 Å². The largest absolute Gasteiger partial charge is 0.438 e. The Balaban J connectivity index is 2.09. The molecule has 13 heteroatoms. The first-order valence-corrected chi connectivity index (χ1v) is 11.2. The van der Waals surface area contributed by atoms with E-state index in [0.717, 1.165) is 25.7 Å². The number of unbranched alkanes of at least 4 members (excludes halogenated alkanes) is 4. The summed E-state index contributed by atoms with van der Waals surface area (Å²) in [6.07, 6.45) is -8.98. The SMILES string of the molecule is CCCCCCCNC(=O)O[C@H]1[C@@H](O[C@]2(CO)O[C@H](CO)[C@@H](O)[C@@H]2O)O[C@H](CO)[C@@H](O)[C@@H]1O. The van der Waals surface area contributed by atoms with Gasteiger partial charge in [-0.1, -0.05) is 32.6 Å². The molecule has 0 aromatic heterocycles. The van der Waals surface area contributed by atoms with E-state index in [1.165, 1.54) is 0 Å². The molecule has 2 rings (SSSR count). The normalized spacial score (nSPS) is 38.9. The van der Waals surface area contributed by atoms with Crippen LogP contribution in [0.2, 0.25) is 0 Å². The number of nitrogens with one attached hydrogen (secondary N) is 1. The smallest absolute Gasteiger partial charge is 0.407 e. The Morgan fingerprint density at radius 1 is 0.939 bits per heavy atom. The second-order valence-electron chi connectivity index (χ2n) is 8.28. The van der Waals surface area contributed by atoms with Gasteiger partial charge in [-0.25, -0.2) is 4.79 Å². The highest BCUT2D eigenvalue weighted by Gasteiger charge is 2.59. The fourth-order valence-electron chi connectivity index (χ4n) is 3.83. The molecule has 2 aliphatic rings. The molecule has 0 radical (unpaired) electrons. The van der Waals surface area contributed by atoms with Crippen molar-refractivity contribution in [2.45, 2.75) is 93.8 Å². The highest BCUT2D eigenvalue weighted by atomic mass is 16.8. The Bertz CT molecular complexity index is 597. The van der Waals surface area contributed by atoms with Gasteiger partial charge in [-0.15, -0.1) is 0 Å². The summed E-state index contributed by atoms with van der Waals surface area (Å²) in [6, 6.07) is 0. The summed E-state index contributed by atoms with van der Waals surface area (Å²) >= 11 is 0. The molecule has 0 aromatic carbocycles. The number of alkyl carbamates (subject to hydrolysis) is 1. The molecule has 0 saturated carbocycles. The van der Waals surface area contributed by atoms with Gasteiger partial charge in [-0.2, -0.15) is 0 Å². The van der Waals surface area contributed by atoms with E-state index in [0.29, 0.717) is 13.0 Å². The Hall–Kier alpha value is -1.13. The molecule has 194 valence electrons. The van der Waals surface area contributed by atoms with E-state index in [9.17, 15) is 40.5 Å². The first-order chi connectivity index (χ1) is 15.7. The molecule has 0 spiro atoms. The highest BCUT2D eigenvalue weighted by Crippen LogP contribution is 2.36. The topological polar surface area (TPSA) is 208 Å². The van der Waals surface area contributed by atoms with Gasteiger partial charge in [0.25, 0.3) is 0 Å². The number of aliphatic hydroxyl groups excluding tert-OH is 7. The third-order valence-corrected chi connectivity index (χ3v) is 5.84. The fourth-order valence-corrected chi connectivity index (χ4v) is 3.83. The lowest BCUT2D eigenvalue weighted by Gasteiger charge is -2.44. The van der Waals surface area contributed by atoms with Crippen LogP contribution >= 0.6 is 0 Å². The summed E-state index contributed by atoms with van der Waals surface area (Å²) < 4.78 is 21.5. The maximum Gasteiger partial charge on any atom is 0.407 e. The van der Waals surface area contributed by atoms with E-state index in [-0.39, 0.29) is 0 Å². The highest BCUT2D eigenvalue weighted by molar-refractivity contribution is 5.67. The summed E-state index contributed by atoms with van der Waals surface area (Å²) in [7, 11) is 0. The zero-order valence-corrected chi connectivity index (χ0v) is 18.7. The van der Waals surface area contributed by atoms with Crippen LogP contribution in [0.4, 0.5) is 4.79 Å². The second-order valence-corrected chi connectivity index (χ2v) is 8.28. The van der Waals surface area contributed by atoms with Gasteiger partial charge in [0.15, 0.2) is 6.10 Å². The minimum atomic E-state index is -2.29. The number of aliphatic hydroxyl groups is 7. The van der Waals surface area contributed by atoms with Crippen LogP contribution in [0.25, 0.3) is 0 Å². The number of rotatable bonds is 12. The van der Waals surface area contributed by atoms with Crippen molar-refractivity contribution < 1.29 is 59.5 Å². The second kappa shape index (κ2) is 13.1. The summed E-state index contributed by atoms with van der Waals surface area (Å²) in [6.45, 7) is -0.0299. The van der Waals surface area contributed by atoms with E-state index >= 15 is 0 Å². The Morgan fingerprint density at radius 2 is 1.61 bits per heavy atom. The Kier molecular flexibility index (Phi) is 11.2. The van der Waals surface area contributed by atoms with Gasteiger partial charge >= 0.3 is 6.09 Å². The predicted octanol–water partition coefficient (Wildman–Crippen LogP) is -2.69. The number of hydrogen-bond donors (Lipinski definition) is 8. The van der Waals surface area contributed by atoms with Gasteiger partial charge in [-0.3, -0.25) is 0 Å². The van der Waals surface area contributed by atoms with Crippen LogP contribution in [0.5, 0.6) is 0 Å². The average molecular weight is 484 g/mol. The summed E-state index contributed by atoms with van der Waals surface area (Å²) in [5, 5.41) is 72.2. The molecule has 1 amide bonds. The van der Waals surface area contributed by atoms with Crippen molar-refractivity contribution in [2.24, 2.45) is 0 Å². The van der Waals surface area contributed by atoms with Gasteiger partial charge in [0, 0.05) is 6.54 Å². The van der Waals surface area contributed by atoms with Crippen molar-refractivity contribution in [1.29, 1.82) is 0 Å². The Labute approximate surface area is 191 Å². The van der Waals surface area contributed by atoms with E-state index in [1.807, 2.05) is 0 Å². The molecule has 8 N–H and O–H groups in total. The maximum atomic E-state index is 12.3. The third-order valence-electron chi connectivity index (χ3n) is 5.84. The summed E-state index contributed by atoms with van der Waals surface area (Å²) in [5.74, 6) is -2.29. The van der Waals surface area contributed by atoms with Gasteiger partial charge in [0.1, 0.15) is 43.2 Å². The van der Waals surface area contributed by atoms with Crippen molar-refractivity contribution in [2.75, 3.05) is 26.4 Å². The number of amides is 1. The molecule has 13 nitrogen and oxygen atoms in total. The van der Waals surface area contributed by atoms with Crippen LogP contribution in [0.1, 0.15) is 39.0 Å². The van der Waals surface area contributed by atoms with Crippen LogP contribution in [0, 0.1) is 0 Å². The standard InChI is InChI=1S/C20H37NO12/c1-2-3-4-5-6-7-21-19(29)31-16-15(27)13(25)11(8-22)30-18(16)33-20(10-24)17(28)14(26)12(9-23)32-20/h11-18,22-28H,2-10H2,1H3,(H,21,29)/t11-,12-,13-,14-,15+,16-,17+,18-,20+/m1/s1. The zero-order chi connectivity index (χ0) is 24.6. The molecule has 2 heterocycles. The molecule has 0 aromatic rings. The van der Waals surface area contributed by atoms with E-state index in [1.54, 1.807) is 0 Å². The quantitative estimate of drug-likeness (QED) is 0.134. The first-order valence-electron chi connectivity index (χ1n) is 11.2.